The summed E-state index contributed by atoms with van der Waals surface area (Å²) in [5, 5.41) is 2.63. The molecule has 0 aliphatic carbocycles. The lowest BCUT2D eigenvalue weighted by atomic mass is 9.90. The van der Waals surface area contributed by atoms with Crippen LogP contribution in [0.5, 0.6) is 0 Å². The van der Waals surface area contributed by atoms with E-state index in [4.69, 9.17) is 9.47 Å². The van der Waals surface area contributed by atoms with Gasteiger partial charge >= 0.3 is 12.2 Å². The monoisotopic (exact) mass is 377 g/mol. The number of ether oxygens (including phenoxy) is 2. The minimum absolute atomic E-state index is 0.254. The second-order valence-electron chi connectivity index (χ2n) is 8.85. The predicted molar refractivity (Wildman–Crippen MR) is 104 cm³/mol. The fraction of sp³-hybridized carbons (Fsp3) is 0.650. The maximum atomic E-state index is 12.1. The van der Waals surface area contributed by atoms with Crippen molar-refractivity contribution in [2.75, 3.05) is 18.4 Å². The van der Waals surface area contributed by atoms with Gasteiger partial charge in [-0.05, 0) is 71.9 Å². The third-order valence-electron chi connectivity index (χ3n) is 4.03. The van der Waals surface area contributed by atoms with Crippen molar-refractivity contribution in [3.63, 3.8) is 0 Å². The van der Waals surface area contributed by atoms with Crippen LogP contribution in [-0.4, -0.2) is 46.4 Å². The highest BCUT2D eigenvalue weighted by Gasteiger charge is 2.27. The van der Waals surface area contributed by atoms with E-state index in [1.54, 1.807) is 17.2 Å². The van der Waals surface area contributed by atoms with Gasteiger partial charge in [0.05, 0.1) is 0 Å². The Morgan fingerprint density at radius 2 is 1.63 bits per heavy atom. The number of carbonyl (C=O) groups is 2. The van der Waals surface area contributed by atoms with E-state index in [1.807, 2.05) is 47.6 Å². The summed E-state index contributed by atoms with van der Waals surface area (Å²) in [5.74, 6) is 0.797. The lowest BCUT2D eigenvalue weighted by Crippen LogP contribution is -2.41. The molecule has 27 heavy (non-hydrogen) atoms. The van der Waals surface area contributed by atoms with Gasteiger partial charge < -0.3 is 14.4 Å². The number of piperidine rings is 1. The number of hydrogen-bond donors (Lipinski definition) is 1. The highest BCUT2D eigenvalue weighted by atomic mass is 16.6. The summed E-state index contributed by atoms with van der Waals surface area (Å²) >= 11 is 0. The van der Waals surface area contributed by atoms with Crippen LogP contribution in [0.2, 0.25) is 0 Å². The molecular weight excluding hydrogens is 346 g/mol. The Bertz CT molecular complexity index is 651. The number of amides is 2. The standard InChI is InChI=1S/C20H31N3O4/c1-19(2,3)26-17(24)22-16-8-7-15(13-21-16)14-9-11-23(12-10-14)18(25)27-20(4,5)6/h7-8,13-14H,9-12H2,1-6H3,(H,21,22,24). The van der Waals surface area contributed by atoms with E-state index in [0.29, 0.717) is 24.8 Å². The van der Waals surface area contributed by atoms with Crippen LogP contribution in [0.3, 0.4) is 0 Å². The molecule has 1 aromatic rings. The molecule has 7 nitrogen and oxygen atoms in total. The molecule has 2 amide bonds. The van der Waals surface area contributed by atoms with Gasteiger partial charge in [-0.25, -0.2) is 14.6 Å². The van der Waals surface area contributed by atoms with Crippen LogP contribution in [0, 0.1) is 0 Å². The van der Waals surface area contributed by atoms with Crippen molar-refractivity contribution < 1.29 is 19.1 Å². The van der Waals surface area contributed by atoms with Crippen molar-refractivity contribution in [3.8, 4) is 0 Å². The highest BCUT2D eigenvalue weighted by molar-refractivity contribution is 5.83. The molecular formula is C20H31N3O4. The van der Waals surface area contributed by atoms with Crippen LogP contribution < -0.4 is 5.32 Å². The molecule has 1 fully saturated rings. The fourth-order valence-corrected chi connectivity index (χ4v) is 2.85. The normalized spacial score (nSPS) is 16.0. The van der Waals surface area contributed by atoms with Crippen LogP contribution in [-0.2, 0) is 9.47 Å². The third kappa shape index (κ3) is 7.07. The number of anilines is 1. The Morgan fingerprint density at radius 3 is 2.11 bits per heavy atom. The van der Waals surface area contributed by atoms with Crippen molar-refractivity contribution in [1.82, 2.24) is 9.88 Å². The van der Waals surface area contributed by atoms with Crippen molar-refractivity contribution in [2.24, 2.45) is 0 Å². The first-order valence-electron chi connectivity index (χ1n) is 9.37. The Morgan fingerprint density at radius 1 is 1.04 bits per heavy atom. The second-order valence-corrected chi connectivity index (χ2v) is 8.85. The number of aromatic nitrogens is 1. The summed E-state index contributed by atoms with van der Waals surface area (Å²) in [6.07, 6.45) is 2.73. The zero-order valence-corrected chi connectivity index (χ0v) is 17.2. The van der Waals surface area contributed by atoms with E-state index in [2.05, 4.69) is 10.3 Å². The predicted octanol–water partition coefficient (Wildman–Crippen LogP) is 4.54. The molecule has 7 heteroatoms. The van der Waals surface area contributed by atoms with E-state index >= 15 is 0 Å². The first-order valence-corrected chi connectivity index (χ1v) is 9.37. The lowest BCUT2D eigenvalue weighted by Gasteiger charge is -2.33. The quantitative estimate of drug-likeness (QED) is 0.818. The van der Waals surface area contributed by atoms with Gasteiger partial charge in [-0.2, -0.15) is 0 Å². The maximum Gasteiger partial charge on any atom is 0.413 e. The van der Waals surface area contributed by atoms with Crippen molar-refractivity contribution in [3.05, 3.63) is 23.9 Å². The number of hydrogen-bond acceptors (Lipinski definition) is 5. The van der Waals surface area contributed by atoms with E-state index in [1.165, 1.54) is 0 Å². The van der Waals surface area contributed by atoms with E-state index in [-0.39, 0.29) is 6.09 Å². The zero-order valence-electron chi connectivity index (χ0n) is 17.2. The molecule has 1 aliphatic rings. The fourth-order valence-electron chi connectivity index (χ4n) is 2.85. The van der Waals surface area contributed by atoms with Crippen molar-refractivity contribution >= 4 is 18.0 Å². The summed E-state index contributed by atoms with van der Waals surface area (Å²) in [6.45, 7) is 12.4. The smallest absolute Gasteiger partial charge is 0.413 e. The van der Waals surface area contributed by atoms with Crippen molar-refractivity contribution in [2.45, 2.75) is 71.5 Å². The van der Waals surface area contributed by atoms with Crippen LogP contribution >= 0.6 is 0 Å². The molecule has 0 spiro atoms. The Balaban J connectivity index is 1.86. The molecule has 0 saturated carbocycles. The first kappa shape index (κ1) is 21.0. The van der Waals surface area contributed by atoms with Crippen LogP contribution in [0.25, 0.3) is 0 Å². The Hall–Kier alpha value is -2.31. The third-order valence-corrected chi connectivity index (χ3v) is 4.03. The number of likely N-dealkylation sites (tertiary alicyclic amines) is 1. The molecule has 2 heterocycles. The second kappa shape index (κ2) is 8.15. The van der Waals surface area contributed by atoms with Gasteiger partial charge in [0, 0.05) is 19.3 Å². The summed E-state index contributed by atoms with van der Waals surface area (Å²) in [5.41, 5.74) is 0.0783. The molecule has 0 atom stereocenters. The number of carbonyl (C=O) groups excluding carboxylic acids is 2. The summed E-state index contributed by atoms with van der Waals surface area (Å²) < 4.78 is 10.6. The Labute approximate surface area is 161 Å². The minimum Gasteiger partial charge on any atom is -0.444 e. The molecule has 2 rings (SSSR count). The van der Waals surface area contributed by atoms with Gasteiger partial charge in [0.1, 0.15) is 17.0 Å². The largest absolute Gasteiger partial charge is 0.444 e. The van der Waals surface area contributed by atoms with Gasteiger partial charge in [0.15, 0.2) is 0 Å². The van der Waals surface area contributed by atoms with Crippen LogP contribution in [0.15, 0.2) is 18.3 Å². The van der Waals surface area contributed by atoms with Crippen molar-refractivity contribution in [1.29, 1.82) is 0 Å². The Kier molecular flexibility index (Phi) is 6.34. The summed E-state index contributed by atoms with van der Waals surface area (Å²) in [6, 6.07) is 3.74. The summed E-state index contributed by atoms with van der Waals surface area (Å²) in [7, 11) is 0. The number of rotatable bonds is 2. The number of pyridine rings is 1. The average Bonchev–Trinajstić information content (AvgIpc) is 2.52. The molecule has 1 saturated heterocycles. The molecule has 0 radical (unpaired) electrons. The van der Waals surface area contributed by atoms with Gasteiger partial charge in [-0.3, -0.25) is 5.32 Å². The molecule has 150 valence electrons. The topological polar surface area (TPSA) is 80.8 Å². The van der Waals surface area contributed by atoms with Gasteiger partial charge in [-0.15, -0.1) is 0 Å². The van der Waals surface area contributed by atoms with Crippen LogP contribution in [0.1, 0.15) is 65.9 Å². The van der Waals surface area contributed by atoms with E-state index in [0.717, 1.165) is 18.4 Å². The van der Waals surface area contributed by atoms with Gasteiger partial charge in [0.25, 0.3) is 0 Å². The molecule has 0 aromatic carbocycles. The average molecular weight is 377 g/mol. The van der Waals surface area contributed by atoms with Gasteiger partial charge in [0.2, 0.25) is 0 Å². The number of nitrogens with one attached hydrogen (secondary N) is 1. The highest BCUT2D eigenvalue weighted by Crippen LogP contribution is 2.28. The lowest BCUT2D eigenvalue weighted by molar-refractivity contribution is 0.0204. The molecule has 0 bridgehead atoms. The zero-order chi connectivity index (χ0) is 20.2. The van der Waals surface area contributed by atoms with E-state index < -0.39 is 17.3 Å². The van der Waals surface area contributed by atoms with Crippen LogP contribution in [0.4, 0.5) is 15.4 Å². The molecule has 1 N–H and O–H groups in total. The maximum absolute atomic E-state index is 12.1. The SMILES string of the molecule is CC(C)(C)OC(=O)Nc1ccc(C2CCN(C(=O)OC(C)(C)C)CC2)cn1. The number of nitrogens with zero attached hydrogens (tertiary/aromatic N) is 2. The molecule has 1 aromatic heterocycles. The summed E-state index contributed by atoms with van der Waals surface area (Å²) in [4.78, 5) is 30.0. The van der Waals surface area contributed by atoms with E-state index in [9.17, 15) is 9.59 Å². The van der Waals surface area contributed by atoms with Gasteiger partial charge in [-0.1, -0.05) is 6.07 Å². The molecule has 0 unspecified atom stereocenters. The molecule has 1 aliphatic heterocycles. The first-order chi connectivity index (χ1) is 12.4. The minimum atomic E-state index is -0.549.